The first-order chi connectivity index (χ1) is 9.51. The zero-order chi connectivity index (χ0) is 14.6. The van der Waals surface area contributed by atoms with Gasteiger partial charge in [0.2, 0.25) is 10.0 Å². The molecule has 2 rings (SSSR count). The van der Waals surface area contributed by atoms with Crippen LogP contribution in [0.1, 0.15) is 26.2 Å². The third-order valence-electron chi connectivity index (χ3n) is 3.23. The Morgan fingerprint density at radius 1 is 1.30 bits per heavy atom. The van der Waals surface area contributed by atoms with Gasteiger partial charge in [-0.15, -0.1) is 0 Å². The lowest BCUT2D eigenvalue weighted by Gasteiger charge is -2.15. The van der Waals surface area contributed by atoms with Gasteiger partial charge in [-0.25, -0.2) is 13.1 Å². The fourth-order valence-corrected chi connectivity index (χ4v) is 3.76. The maximum atomic E-state index is 12.0. The number of benzene rings is 1. The molecule has 0 bridgehead atoms. The van der Waals surface area contributed by atoms with E-state index in [1.165, 1.54) is 0 Å². The van der Waals surface area contributed by atoms with Gasteiger partial charge in [0.15, 0.2) is 0 Å². The van der Waals surface area contributed by atoms with Crippen molar-refractivity contribution in [3.63, 3.8) is 0 Å². The Hall–Kier alpha value is -0.720. The first kappa shape index (κ1) is 15.7. The molecule has 6 heteroatoms. The van der Waals surface area contributed by atoms with Crippen LogP contribution in [0.4, 0.5) is 5.69 Å². The molecule has 0 saturated heterocycles. The molecule has 1 aromatic carbocycles. The number of nitrogens with one attached hydrogen (secondary N) is 2. The predicted octanol–water partition coefficient (Wildman–Crippen LogP) is 2.68. The lowest BCUT2D eigenvalue weighted by Crippen LogP contribution is -2.25. The normalized spacial score (nSPS) is 16.9. The van der Waals surface area contributed by atoms with E-state index >= 15 is 0 Å². The number of sulfonamides is 1. The summed E-state index contributed by atoms with van der Waals surface area (Å²) in [6.07, 6.45) is 5.08. The summed E-state index contributed by atoms with van der Waals surface area (Å²) in [5, 5.41) is 3.38. The summed E-state index contributed by atoms with van der Waals surface area (Å²) in [7, 11) is -3.34. The predicted molar refractivity (Wildman–Crippen MR) is 85.9 cm³/mol. The molecule has 112 valence electrons. The highest BCUT2D eigenvalue weighted by atomic mass is 32.2. The van der Waals surface area contributed by atoms with Gasteiger partial charge in [0.1, 0.15) is 0 Å². The van der Waals surface area contributed by atoms with E-state index in [1.807, 2.05) is 23.9 Å². The molecule has 1 aliphatic rings. The van der Waals surface area contributed by atoms with E-state index in [-0.39, 0.29) is 6.04 Å². The fourth-order valence-electron chi connectivity index (χ4n) is 1.87. The molecule has 0 spiro atoms. The maximum absolute atomic E-state index is 12.0. The van der Waals surface area contributed by atoms with Crippen LogP contribution in [0.5, 0.6) is 0 Å². The van der Waals surface area contributed by atoms with Crippen molar-refractivity contribution in [2.45, 2.75) is 43.2 Å². The van der Waals surface area contributed by atoms with Gasteiger partial charge < -0.3 is 5.32 Å². The number of thioether (sulfide) groups is 1. The topological polar surface area (TPSA) is 58.2 Å². The Kier molecular flexibility index (Phi) is 5.35. The molecule has 4 nitrogen and oxygen atoms in total. The summed E-state index contributed by atoms with van der Waals surface area (Å²) in [5.41, 5.74) is 0.962. The monoisotopic (exact) mass is 314 g/mol. The van der Waals surface area contributed by atoms with E-state index in [2.05, 4.69) is 23.2 Å². The van der Waals surface area contributed by atoms with Crippen LogP contribution in [-0.2, 0) is 10.0 Å². The third-order valence-corrected chi connectivity index (χ3v) is 5.41. The van der Waals surface area contributed by atoms with Gasteiger partial charge in [0.25, 0.3) is 0 Å². The molecule has 1 aliphatic carbocycles. The van der Waals surface area contributed by atoms with Crippen molar-refractivity contribution in [3.8, 4) is 0 Å². The van der Waals surface area contributed by atoms with Gasteiger partial charge in [0, 0.05) is 17.8 Å². The molecule has 1 aromatic rings. The van der Waals surface area contributed by atoms with Gasteiger partial charge in [-0.3, -0.25) is 0 Å². The molecule has 1 atom stereocenters. The smallest absolute Gasteiger partial charge is 0.240 e. The van der Waals surface area contributed by atoms with Crippen molar-refractivity contribution in [1.82, 2.24) is 4.72 Å². The Bertz CT molecular complexity index is 525. The second-order valence-corrected chi connectivity index (χ2v) is 7.95. The van der Waals surface area contributed by atoms with E-state index in [4.69, 9.17) is 0 Å². The van der Waals surface area contributed by atoms with Gasteiger partial charge >= 0.3 is 0 Å². The van der Waals surface area contributed by atoms with Crippen LogP contribution in [0, 0.1) is 0 Å². The van der Waals surface area contributed by atoms with Crippen molar-refractivity contribution in [2.24, 2.45) is 0 Å². The Balaban J connectivity index is 1.95. The minimum atomic E-state index is -3.34. The summed E-state index contributed by atoms with van der Waals surface area (Å²) in [5.74, 6) is 1.12. The molecule has 0 amide bonds. The number of anilines is 1. The van der Waals surface area contributed by atoms with E-state index in [0.717, 1.165) is 30.7 Å². The van der Waals surface area contributed by atoms with Crippen LogP contribution in [0.3, 0.4) is 0 Å². The summed E-state index contributed by atoms with van der Waals surface area (Å²) >= 11 is 1.83. The standard InChI is InChI=1S/C14H22N2O2S2/c1-11(9-10-19-2)15-12-5-7-14(8-6-12)20(17,18)16-13-3-4-13/h5-8,11,13,15-16H,3-4,9-10H2,1-2H3. The van der Waals surface area contributed by atoms with Crippen molar-refractivity contribution in [3.05, 3.63) is 24.3 Å². The highest BCUT2D eigenvalue weighted by molar-refractivity contribution is 7.98. The van der Waals surface area contributed by atoms with E-state index in [1.54, 1.807) is 12.1 Å². The van der Waals surface area contributed by atoms with Crippen LogP contribution in [0.25, 0.3) is 0 Å². The first-order valence-corrected chi connectivity index (χ1v) is 9.77. The van der Waals surface area contributed by atoms with E-state index in [0.29, 0.717) is 10.9 Å². The van der Waals surface area contributed by atoms with Gasteiger partial charge in [-0.05, 0) is 62.5 Å². The lowest BCUT2D eigenvalue weighted by molar-refractivity contribution is 0.581. The summed E-state index contributed by atoms with van der Waals surface area (Å²) in [4.78, 5) is 0.340. The lowest BCUT2D eigenvalue weighted by atomic mass is 10.2. The molecule has 2 N–H and O–H groups in total. The Labute approximate surface area is 125 Å². The molecule has 0 radical (unpaired) electrons. The molecule has 0 aromatic heterocycles. The largest absolute Gasteiger partial charge is 0.383 e. The van der Waals surface area contributed by atoms with Crippen molar-refractivity contribution < 1.29 is 8.42 Å². The zero-order valence-corrected chi connectivity index (χ0v) is 13.6. The van der Waals surface area contributed by atoms with Crippen LogP contribution in [0.15, 0.2) is 29.2 Å². The molecular formula is C14H22N2O2S2. The van der Waals surface area contributed by atoms with E-state index in [9.17, 15) is 8.42 Å². The van der Waals surface area contributed by atoms with Gasteiger partial charge in [-0.1, -0.05) is 0 Å². The Morgan fingerprint density at radius 3 is 2.50 bits per heavy atom. The maximum Gasteiger partial charge on any atom is 0.240 e. The third kappa shape index (κ3) is 4.68. The second-order valence-electron chi connectivity index (χ2n) is 5.25. The SMILES string of the molecule is CSCCC(C)Nc1ccc(S(=O)(=O)NC2CC2)cc1. The van der Waals surface area contributed by atoms with Crippen molar-refractivity contribution >= 4 is 27.5 Å². The fraction of sp³-hybridized carbons (Fsp3) is 0.571. The molecule has 0 aliphatic heterocycles. The molecule has 20 heavy (non-hydrogen) atoms. The van der Waals surface area contributed by atoms with Crippen molar-refractivity contribution in [2.75, 3.05) is 17.3 Å². The quantitative estimate of drug-likeness (QED) is 0.774. The van der Waals surface area contributed by atoms with Gasteiger partial charge in [0.05, 0.1) is 4.90 Å². The first-order valence-electron chi connectivity index (χ1n) is 6.89. The average Bonchev–Trinajstić information content (AvgIpc) is 3.20. The molecule has 1 fully saturated rings. The second kappa shape index (κ2) is 6.83. The number of hydrogen-bond acceptors (Lipinski definition) is 4. The van der Waals surface area contributed by atoms with Crippen LogP contribution in [-0.4, -0.2) is 32.5 Å². The van der Waals surface area contributed by atoms with Crippen LogP contribution >= 0.6 is 11.8 Å². The molecular weight excluding hydrogens is 292 g/mol. The highest BCUT2D eigenvalue weighted by Gasteiger charge is 2.27. The summed E-state index contributed by atoms with van der Waals surface area (Å²) in [6, 6.07) is 7.51. The van der Waals surface area contributed by atoms with Crippen molar-refractivity contribution in [1.29, 1.82) is 0 Å². The minimum Gasteiger partial charge on any atom is -0.383 e. The Morgan fingerprint density at radius 2 is 1.95 bits per heavy atom. The molecule has 1 unspecified atom stereocenters. The highest BCUT2D eigenvalue weighted by Crippen LogP contribution is 2.23. The van der Waals surface area contributed by atoms with Crippen LogP contribution in [0.2, 0.25) is 0 Å². The van der Waals surface area contributed by atoms with Crippen LogP contribution < -0.4 is 10.0 Å². The molecule has 1 saturated carbocycles. The zero-order valence-electron chi connectivity index (χ0n) is 11.9. The number of rotatable bonds is 8. The van der Waals surface area contributed by atoms with E-state index < -0.39 is 10.0 Å². The molecule has 0 heterocycles. The van der Waals surface area contributed by atoms with Gasteiger partial charge in [-0.2, -0.15) is 11.8 Å². The summed E-state index contributed by atoms with van der Waals surface area (Å²) in [6.45, 7) is 2.13. The minimum absolute atomic E-state index is 0.143. The number of hydrogen-bond donors (Lipinski definition) is 2. The average molecular weight is 314 g/mol. The summed E-state index contributed by atoms with van der Waals surface area (Å²) < 4.78 is 26.7.